The molecule has 1 saturated heterocycles. The molecule has 2 aromatic carbocycles. The zero-order chi connectivity index (χ0) is 22.8. The molecule has 5 rings (SSSR count). The molecule has 33 heavy (non-hydrogen) atoms. The first-order valence-electron chi connectivity index (χ1n) is 11.7. The summed E-state index contributed by atoms with van der Waals surface area (Å²) in [5.74, 6) is 0.458. The lowest BCUT2D eigenvalue weighted by Gasteiger charge is -2.33. The number of aliphatic imine (C=N–C) groups is 1. The summed E-state index contributed by atoms with van der Waals surface area (Å²) in [4.78, 5) is 20.2. The van der Waals surface area contributed by atoms with Crippen molar-refractivity contribution in [3.8, 4) is 0 Å². The van der Waals surface area contributed by atoms with E-state index in [1.54, 1.807) is 11.8 Å². The van der Waals surface area contributed by atoms with Crippen molar-refractivity contribution in [3.05, 3.63) is 88.0 Å². The molecule has 2 aliphatic heterocycles. The van der Waals surface area contributed by atoms with Gasteiger partial charge in [-0.1, -0.05) is 59.8 Å². The Bertz CT molecular complexity index is 1160. The topological polar surface area (TPSA) is 61.7 Å². The SMILES string of the molecule is Cc1cccc(CNC(=O)C2C=CC3=C(C2)N=C([N+]2(O)CCCCC2)c2ccccc2S3)c1. The lowest BCUT2D eigenvalue weighted by Crippen LogP contribution is -2.53. The molecule has 2 aromatic rings. The Hall–Kier alpha value is -2.67. The second kappa shape index (κ2) is 9.29. The van der Waals surface area contributed by atoms with E-state index in [0.717, 1.165) is 51.7 Å². The average Bonchev–Trinajstić information content (AvgIpc) is 3.00. The molecular formula is C27H30N3O2S+. The summed E-state index contributed by atoms with van der Waals surface area (Å²) in [5, 5.41) is 14.6. The van der Waals surface area contributed by atoms with E-state index in [2.05, 4.69) is 36.5 Å². The van der Waals surface area contributed by atoms with Crippen LogP contribution in [0.1, 0.15) is 42.4 Å². The number of amidine groups is 1. The average molecular weight is 461 g/mol. The number of nitrogens with zero attached hydrogens (tertiary/aromatic N) is 2. The number of carbonyl (C=O) groups is 1. The van der Waals surface area contributed by atoms with Crippen LogP contribution in [0.3, 0.4) is 0 Å². The highest BCUT2D eigenvalue weighted by Crippen LogP contribution is 2.42. The van der Waals surface area contributed by atoms with E-state index in [-0.39, 0.29) is 16.5 Å². The third-order valence-electron chi connectivity index (χ3n) is 6.60. The summed E-state index contributed by atoms with van der Waals surface area (Å²) in [5.41, 5.74) is 4.17. The van der Waals surface area contributed by atoms with Crippen molar-refractivity contribution < 1.29 is 14.6 Å². The fourth-order valence-corrected chi connectivity index (χ4v) is 5.85. The molecule has 0 aromatic heterocycles. The second-order valence-electron chi connectivity index (χ2n) is 9.15. The molecule has 1 atom stereocenters. The first-order valence-corrected chi connectivity index (χ1v) is 12.5. The number of thioether (sulfide) groups is 1. The Balaban J connectivity index is 1.39. The van der Waals surface area contributed by atoms with Gasteiger partial charge in [-0.15, -0.1) is 4.65 Å². The molecule has 0 radical (unpaired) electrons. The highest BCUT2D eigenvalue weighted by Gasteiger charge is 2.39. The quantitative estimate of drug-likeness (QED) is 0.608. The van der Waals surface area contributed by atoms with Crippen molar-refractivity contribution in [2.24, 2.45) is 10.9 Å². The minimum atomic E-state index is -0.270. The molecule has 6 heteroatoms. The lowest BCUT2D eigenvalue weighted by atomic mass is 9.97. The number of allylic oxidation sites excluding steroid dienone is 2. The number of rotatable bonds is 3. The number of hydroxylamine groups is 3. The fraction of sp³-hybridized carbons (Fsp3) is 0.333. The van der Waals surface area contributed by atoms with Crippen LogP contribution >= 0.6 is 11.8 Å². The normalized spacial score (nSPS) is 21.5. The van der Waals surface area contributed by atoms with Gasteiger partial charge in [-0.2, -0.15) is 4.99 Å². The zero-order valence-corrected chi connectivity index (χ0v) is 19.8. The van der Waals surface area contributed by atoms with Gasteiger partial charge < -0.3 is 5.32 Å². The first-order chi connectivity index (χ1) is 16.0. The lowest BCUT2D eigenvalue weighted by molar-refractivity contribution is -1.03. The summed E-state index contributed by atoms with van der Waals surface area (Å²) >= 11 is 1.68. The maximum atomic E-state index is 13.0. The van der Waals surface area contributed by atoms with Crippen molar-refractivity contribution >= 4 is 23.5 Å². The molecule has 1 fully saturated rings. The number of hydrogen-bond donors (Lipinski definition) is 2. The molecule has 3 aliphatic rings. The molecule has 1 unspecified atom stereocenters. The van der Waals surface area contributed by atoms with Gasteiger partial charge in [-0.25, -0.2) is 5.21 Å². The maximum absolute atomic E-state index is 13.0. The van der Waals surface area contributed by atoms with E-state index in [1.165, 1.54) is 5.56 Å². The predicted molar refractivity (Wildman–Crippen MR) is 132 cm³/mol. The van der Waals surface area contributed by atoms with Crippen LogP contribution in [0.2, 0.25) is 0 Å². The van der Waals surface area contributed by atoms with Crippen molar-refractivity contribution in [1.29, 1.82) is 0 Å². The Labute approximate surface area is 199 Å². The predicted octanol–water partition coefficient (Wildman–Crippen LogP) is 5.34. The van der Waals surface area contributed by atoms with E-state index in [0.29, 0.717) is 26.1 Å². The number of benzene rings is 2. The number of nitrogens with one attached hydrogen (secondary N) is 1. The molecule has 2 heterocycles. The van der Waals surface area contributed by atoms with Crippen LogP contribution in [0, 0.1) is 12.8 Å². The zero-order valence-electron chi connectivity index (χ0n) is 19.0. The highest BCUT2D eigenvalue weighted by molar-refractivity contribution is 8.03. The minimum Gasteiger partial charge on any atom is -0.352 e. The van der Waals surface area contributed by atoms with Crippen molar-refractivity contribution in [1.82, 2.24) is 5.32 Å². The van der Waals surface area contributed by atoms with Gasteiger partial charge in [0, 0.05) is 35.6 Å². The molecule has 0 spiro atoms. The van der Waals surface area contributed by atoms with Crippen LogP contribution in [0.15, 0.2) is 81.2 Å². The third kappa shape index (κ3) is 4.69. The summed E-state index contributed by atoms with van der Waals surface area (Å²) in [7, 11) is 0. The number of hydrogen-bond acceptors (Lipinski definition) is 4. The van der Waals surface area contributed by atoms with Gasteiger partial charge in [-0.05, 0) is 37.1 Å². The molecular weight excluding hydrogens is 430 g/mol. The van der Waals surface area contributed by atoms with Crippen molar-refractivity contribution in [2.75, 3.05) is 13.1 Å². The monoisotopic (exact) mass is 460 g/mol. The van der Waals surface area contributed by atoms with E-state index < -0.39 is 0 Å². The van der Waals surface area contributed by atoms with Gasteiger partial charge in [0.05, 0.1) is 17.2 Å². The number of piperidine rings is 1. The third-order valence-corrected chi connectivity index (χ3v) is 7.77. The largest absolute Gasteiger partial charge is 0.352 e. The smallest absolute Gasteiger partial charge is 0.269 e. The number of fused-ring (bicyclic) bond motifs is 1. The van der Waals surface area contributed by atoms with E-state index in [9.17, 15) is 10.0 Å². The number of aryl methyl sites for hydroxylation is 1. The Kier molecular flexibility index (Phi) is 6.23. The molecule has 170 valence electrons. The van der Waals surface area contributed by atoms with Crippen LogP contribution in [-0.4, -0.2) is 34.7 Å². The molecule has 2 N–H and O–H groups in total. The van der Waals surface area contributed by atoms with Crippen LogP contribution < -0.4 is 5.32 Å². The van der Waals surface area contributed by atoms with Crippen LogP contribution in [-0.2, 0) is 11.3 Å². The highest BCUT2D eigenvalue weighted by atomic mass is 32.2. The van der Waals surface area contributed by atoms with Crippen molar-refractivity contribution in [2.45, 2.75) is 44.0 Å². The van der Waals surface area contributed by atoms with E-state index in [1.807, 2.05) is 36.4 Å². The van der Waals surface area contributed by atoms with Gasteiger partial charge in [0.2, 0.25) is 5.91 Å². The summed E-state index contributed by atoms with van der Waals surface area (Å²) in [6.45, 7) is 3.93. The Morgan fingerprint density at radius 3 is 2.79 bits per heavy atom. The number of quaternary nitrogens is 1. The number of carbonyl (C=O) groups excluding carboxylic acids is 1. The summed E-state index contributed by atoms with van der Waals surface area (Å²) in [6.07, 6.45) is 7.67. The van der Waals surface area contributed by atoms with Gasteiger partial charge in [0.1, 0.15) is 13.1 Å². The number of amides is 1. The molecule has 1 amide bonds. The van der Waals surface area contributed by atoms with Crippen LogP contribution in [0.25, 0.3) is 0 Å². The first kappa shape index (κ1) is 22.1. The van der Waals surface area contributed by atoms with Crippen LogP contribution in [0.5, 0.6) is 0 Å². The van der Waals surface area contributed by atoms with Gasteiger partial charge >= 0.3 is 0 Å². The second-order valence-corrected chi connectivity index (χ2v) is 10.2. The van der Waals surface area contributed by atoms with Gasteiger partial charge in [0.25, 0.3) is 5.84 Å². The Morgan fingerprint density at radius 2 is 1.97 bits per heavy atom. The summed E-state index contributed by atoms with van der Waals surface area (Å²) < 4.78 is -0.123. The molecule has 1 aliphatic carbocycles. The fourth-order valence-electron chi connectivity index (χ4n) is 4.80. The van der Waals surface area contributed by atoms with Crippen LogP contribution in [0.4, 0.5) is 0 Å². The number of likely N-dealkylation sites (tertiary alicyclic amines) is 1. The summed E-state index contributed by atoms with van der Waals surface area (Å²) in [6, 6.07) is 16.4. The Morgan fingerprint density at radius 1 is 1.15 bits per heavy atom. The molecule has 0 saturated carbocycles. The van der Waals surface area contributed by atoms with E-state index >= 15 is 0 Å². The van der Waals surface area contributed by atoms with Crippen molar-refractivity contribution in [3.63, 3.8) is 0 Å². The van der Waals surface area contributed by atoms with E-state index in [4.69, 9.17) is 4.99 Å². The standard InChI is InChI=1S/C27H29N3O2S/c1-19-8-7-9-20(16-19)18-28-27(31)21-12-13-25-23(17-21)29-26(30(32)14-5-2-6-15-30)22-10-3-4-11-24(22)33-25/h3-4,7-13,16,21,32H,2,5-6,14-15,17-18H2,1H3/p+1. The minimum absolute atomic E-state index is 0.00804. The molecule has 0 bridgehead atoms. The van der Waals surface area contributed by atoms with Gasteiger partial charge in [-0.3, -0.25) is 4.79 Å². The van der Waals surface area contributed by atoms with Gasteiger partial charge in [0.15, 0.2) is 0 Å². The maximum Gasteiger partial charge on any atom is 0.269 e. The molecule has 5 nitrogen and oxygen atoms in total.